The standard InChI is InChI=1S/C16H15F3O/c1-2-5-12-6-3-4-7-15(12)13-8-10-14(11-9-13)20-16(17,18)19/h3-4,6-11H,2,5H2,1H3. The van der Waals surface area contributed by atoms with Crippen molar-refractivity contribution in [2.24, 2.45) is 0 Å². The van der Waals surface area contributed by atoms with Crippen LogP contribution in [-0.4, -0.2) is 6.36 Å². The lowest BCUT2D eigenvalue weighted by Crippen LogP contribution is -2.16. The fraction of sp³-hybridized carbons (Fsp3) is 0.250. The second-order valence-electron chi connectivity index (χ2n) is 4.48. The van der Waals surface area contributed by atoms with Crippen LogP contribution in [0.25, 0.3) is 11.1 Å². The Balaban J connectivity index is 2.26. The van der Waals surface area contributed by atoms with Crippen LogP contribution in [0.5, 0.6) is 5.75 Å². The molecule has 0 heterocycles. The quantitative estimate of drug-likeness (QED) is 0.747. The largest absolute Gasteiger partial charge is 0.573 e. The lowest BCUT2D eigenvalue weighted by Gasteiger charge is -2.11. The van der Waals surface area contributed by atoms with E-state index in [0.717, 1.165) is 24.0 Å². The van der Waals surface area contributed by atoms with Gasteiger partial charge in [-0.2, -0.15) is 0 Å². The van der Waals surface area contributed by atoms with Gasteiger partial charge in [-0.05, 0) is 35.2 Å². The van der Waals surface area contributed by atoms with Crippen molar-refractivity contribution in [3.8, 4) is 16.9 Å². The molecule has 0 aromatic heterocycles. The molecule has 0 unspecified atom stereocenters. The van der Waals surface area contributed by atoms with Crippen molar-refractivity contribution in [1.29, 1.82) is 0 Å². The average molecular weight is 280 g/mol. The summed E-state index contributed by atoms with van der Waals surface area (Å²) in [5, 5.41) is 0. The number of rotatable bonds is 4. The number of benzene rings is 2. The predicted molar refractivity (Wildman–Crippen MR) is 72.6 cm³/mol. The fourth-order valence-electron chi connectivity index (χ4n) is 2.13. The van der Waals surface area contributed by atoms with Gasteiger partial charge >= 0.3 is 6.36 Å². The van der Waals surface area contributed by atoms with Gasteiger partial charge in [0.1, 0.15) is 5.75 Å². The molecule has 0 aliphatic heterocycles. The molecule has 0 N–H and O–H groups in total. The highest BCUT2D eigenvalue weighted by molar-refractivity contribution is 5.68. The van der Waals surface area contributed by atoms with Gasteiger partial charge in [0.25, 0.3) is 0 Å². The molecule has 2 aromatic rings. The van der Waals surface area contributed by atoms with E-state index in [9.17, 15) is 13.2 Å². The molecule has 0 fully saturated rings. The van der Waals surface area contributed by atoms with Gasteiger partial charge in [-0.25, -0.2) is 0 Å². The van der Waals surface area contributed by atoms with Gasteiger partial charge < -0.3 is 4.74 Å². The monoisotopic (exact) mass is 280 g/mol. The molecule has 106 valence electrons. The Bertz CT molecular complexity index is 559. The summed E-state index contributed by atoms with van der Waals surface area (Å²) >= 11 is 0. The molecule has 0 atom stereocenters. The third kappa shape index (κ3) is 3.76. The zero-order chi connectivity index (χ0) is 14.6. The third-order valence-corrected chi connectivity index (χ3v) is 2.94. The molecular weight excluding hydrogens is 265 g/mol. The van der Waals surface area contributed by atoms with Crippen LogP contribution in [0.2, 0.25) is 0 Å². The number of hydrogen-bond acceptors (Lipinski definition) is 1. The van der Waals surface area contributed by atoms with Crippen LogP contribution in [-0.2, 0) is 6.42 Å². The van der Waals surface area contributed by atoms with Crippen LogP contribution in [0.3, 0.4) is 0 Å². The Morgan fingerprint density at radius 3 is 2.20 bits per heavy atom. The van der Waals surface area contributed by atoms with Gasteiger partial charge in [-0.3, -0.25) is 0 Å². The number of ether oxygens (including phenoxy) is 1. The number of hydrogen-bond donors (Lipinski definition) is 0. The highest BCUT2D eigenvalue weighted by atomic mass is 19.4. The van der Waals surface area contributed by atoms with Gasteiger partial charge in [-0.15, -0.1) is 13.2 Å². The fourth-order valence-corrected chi connectivity index (χ4v) is 2.13. The molecule has 0 aliphatic rings. The van der Waals surface area contributed by atoms with Crippen molar-refractivity contribution in [3.05, 3.63) is 54.1 Å². The molecule has 1 nitrogen and oxygen atoms in total. The molecule has 0 spiro atoms. The zero-order valence-electron chi connectivity index (χ0n) is 11.1. The second-order valence-corrected chi connectivity index (χ2v) is 4.48. The van der Waals surface area contributed by atoms with Gasteiger partial charge in [-0.1, -0.05) is 49.7 Å². The van der Waals surface area contributed by atoms with Crippen molar-refractivity contribution >= 4 is 0 Å². The molecule has 2 rings (SSSR count). The first-order valence-electron chi connectivity index (χ1n) is 6.43. The van der Waals surface area contributed by atoms with E-state index in [0.29, 0.717) is 0 Å². The Morgan fingerprint density at radius 2 is 1.60 bits per heavy atom. The van der Waals surface area contributed by atoms with E-state index in [1.807, 2.05) is 24.3 Å². The maximum Gasteiger partial charge on any atom is 0.573 e. The highest BCUT2D eigenvalue weighted by Gasteiger charge is 2.30. The van der Waals surface area contributed by atoms with Crippen molar-refractivity contribution in [2.45, 2.75) is 26.1 Å². The summed E-state index contributed by atoms with van der Waals surface area (Å²) < 4.78 is 40.2. The lowest BCUT2D eigenvalue weighted by molar-refractivity contribution is -0.274. The smallest absolute Gasteiger partial charge is 0.406 e. The molecule has 0 radical (unpaired) electrons. The van der Waals surface area contributed by atoms with Crippen LogP contribution in [0, 0.1) is 0 Å². The first kappa shape index (κ1) is 14.4. The SMILES string of the molecule is CCCc1ccccc1-c1ccc(OC(F)(F)F)cc1. The highest BCUT2D eigenvalue weighted by Crippen LogP contribution is 2.28. The summed E-state index contributed by atoms with van der Waals surface area (Å²) in [5.41, 5.74) is 3.14. The summed E-state index contributed by atoms with van der Waals surface area (Å²) in [6.07, 6.45) is -2.69. The Hall–Kier alpha value is -1.97. The average Bonchev–Trinajstić information content (AvgIpc) is 2.39. The van der Waals surface area contributed by atoms with E-state index in [-0.39, 0.29) is 5.75 Å². The summed E-state index contributed by atoms with van der Waals surface area (Å²) in [4.78, 5) is 0. The van der Waals surface area contributed by atoms with Gasteiger partial charge in [0.05, 0.1) is 0 Å². The van der Waals surface area contributed by atoms with Gasteiger partial charge in [0.2, 0.25) is 0 Å². The summed E-state index contributed by atoms with van der Waals surface area (Å²) in [6, 6.07) is 13.9. The number of halogens is 3. The summed E-state index contributed by atoms with van der Waals surface area (Å²) in [5.74, 6) is -0.200. The van der Waals surface area contributed by atoms with E-state index in [1.54, 1.807) is 12.1 Å². The minimum atomic E-state index is -4.65. The van der Waals surface area contributed by atoms with E-state index in [1.165, 1.54) is 17.7 Å². The molecule has 2 aromatic carbocycles. The van der Waals surface area contributed by atoms with Crippen LogP contribution in [0.1, 0.15) is 18.9 Å². The number of aryl methyl sites for hydroxylation is 1. The maximum absolute atomic E-state index is 12.1. The Morgan fingerprint density at radius 1 is 0.950 bits per heavy atom. The third-order valence-electron chi connectivity index (χ3n) is 2.94. The molecular formula is C16H15F3O. The van der Waals surface area contributed by atoms with Gasteiger partial charge in [0, 0.05) is 0 Å². The molecule has 0 aliphatic carbocycles. The zero-order valence-corrected chi connectivity index (χ0v) is 11.1. The van der Waals surface area contributed by atoms with Crippen molar-refractivity contribution < 1.29 is 17.9 Å². The lowest BCUT2D eigenvalue weighted by atomic mass is 9.97. The van der Waals surface area contributed by atoms with Crippen LogP contribution in [0.15, 0.2) is 48.5 Å². The molecule has 0 saturated heterocycles. The van der Waals surface area contributed by atoms with E-state index in [4.69, 9.17) is 0 Å². The van der Waals surface area contributed by atoms with Gasteiger partial charge in [0.15, 0.2) is 0 Å². The van der Waals surface area contributed by atoms with E-state index in [2.05, 4.69) is 11.7 Å². The van der Waals surface area contributed by atoms with Crippen LogP contribution in [0.4, 0.5) is 13.2 Å². The van der Waals surface area contributed by atoms with E-state index >= 15 is 0 Å². The second kappa shape index (κ2) is 5.99. The molecule has 0 bridgehead atoms. The topological polar surface area (TPSA) is 9.23 Å². The molecule has 20 heavy (non-hydrogen) atoms. The Kier molecular flexibility index (Phi) is 4.32. The summed E-state index contributed by atoms with van der Waals surface area (Å²) in [6.45, 7) is 2.09. The van der Waals surface area contributed by atoms with Crippen LogP contribution >= 0.6 is 0 Å². The first-order valence-corrected chi connectivity index (χ1v) is 6.43. The predicted octanol–water partition coefficient (Wildman–Crippen LogP) is 5.20. The van der Waals surface area contributed by atoms with Crippen molar-refractivity contribution in [1.82, 2.24) is 0 Å². The van der Waals surface area contributed by atoms with Crippen molar-refractivity contribution in [3.63, 3.8) is 0 Å². The maximum atomic E-state index is 12.1. The molecule has 0 amide bonds. The first-order chi connectivity index (χ1) is 9.49. The normalized spacial score (nSPS) is 11.4. The molecule has 0 saturated carbocycles. The molecule has 4 heteroatoms. The minimum absolute atomic E-state index is 0.200. The minimum Gasteiger partial charge on any atom is -0.406 e. The Labute approximate surface area is 116 Å². The van der Waals surface area contributed by atoms with Crippen molar-refractivity contribution in [2.75, 3.05) is 0 Å². The number of alkyl halides is 3. The summed E-state index contributed by atoms with van der Waals surface area (Å²) in [7, 11) is 0. The van der Waals surface area contributed by atoms with E-state index < -0.39 is 6.36 Å². The van der Waals surface area contributed by atoms with Crippen LogP contribution < -0.4 is 4.74 Å².